The molecule has 26 heavy (non-hydrogen) atoms. The normalized spacial score (nSPS) is 11.1. The van der Waals surface area contributed by atoms with Crippen molar-refractivity contribution in [1.29, 1.82) is 0 Å². The molecule has 2 rings (SSSR count). The second kappa shape index (κ2) is 10.9. The second-order valence-electron chi connectivity index (χ2n) is 5.67. The lowest BCUT2D eigenvalue weighted by molar-refractivity contribution is 0.311. The molecule has 0 aliphatic carbocycles. The lowest BCUT2D eigenvalue weighted by Gasteiger charge is -2.08. The molecule has 0 fully saturated rings. The maximum absolute atomic E-state index is 5.88. The van der Waals surface area contributed by atoms with Gasteiger partial charge in [0.15, 0.2) is 5.96 Å². The molecule has 0 bridgehead atoms. The Balaban J connectivity index is 1.60. The minimum absolute atomic E-state index is 0.458. The van der Waals surface area contributed by atoms with Gasteiger partial charge < -0.3 is 25.3 Å². The molecule has 3 N–H and O–H groups in total. The van der Waals surface area contributed by atoms with E-state index in [1.54, 1.807) is 14.2 Å². The first-order valence-electron chi connectivity index (χ1n) is 8.65. The van der Waals surface area contributed by atoms with Gasteiger partial charge in [0.1, 0.15) is 17.2 Å². The zero-order chi connectivity index (χ0) is 18.6. The van der Waals surface area contributed by atoms with Crippen LogP contribution in [0.25, 0.3) is 0 Å². The number of methoxy groups -OCH3 is 2. The first-order chi connectivity index (χ1) is 12.7. The van der Waals surface area contributed by atoms with E-state index in [0.717, 1.165) is 36.6 Å². The van der Waals surface area contributed by atoms with E-state index >= 15 is 0 Å². The quantitative estimate of drug-likeness (QED) is 0.388. The van der Waals surface area contributed by atoms with Gasteiger partial charge in [-0.25, -0.2) is 0 Å². The molecule has 140 valence electrons. The van der Waals surface area contributed by atoms with E-state index in [4.69, 9.17) is 19.9 Å². The van der Waals surface area contributed by atoms with Crippen LogP contribution in [0.1, 0.15) is 12.0 Å². The number of rotatable bonds is 10. The van der Waals surface area contributed by atoms with Crippen LogP contribution in [-0.2, 0) is 6.42 Å². The van der Waals surface area contributed by atoms with Crippen LogP contribution in [-0.4, -0.2) is 39.9 Å². The molecule has 0 atom stereocenters. The van der Waals surface area contributed by atoms with Crippen molar-refractivity contribution in [2.45, 2.75) is 12.8 Å². The van der Waals surface area contributed by atoms with Crippen LogP contribution < -0.4 is 25.3 Å². The molecule has 0 radical (unpaired) electrons. The lowest BCUT2D eigenvalue weighted by Crippen LogP contribution is -2.33. The summed E-state index contributed by atoms with van der Waals surface area (Å²) < 4.78 is 16.0. The van der Waals surface area contributed by atoms with E-state index < -0.39 is 0 Å². The third-order valence-electron chi connectivity index (χ3n) is 3.77. The van der Waals surface area contributed by atoms with Crippen molar-refractivity contribution in [1.82, 2.24) is 5.32 Å². The summed E-state index contributed by atoms with van der Waals surface area (Å²) in [5.74, 6) is 2.89. The summed E-state index contributed by atoms with van der Waals surface area (Å²) in [6, 6.07) is 15.5. The Kier molecular flexibility index (Phi) is 8.12. The van der Waals surface area contributed by atoms with Crippen molar-refractivity contribution >= 4 is 5.96 Å². The van der Waals surface area contributed by atoms with Gasteiger partial charge in [0.2, 0.25) is 0 Å². The van der Waals surface area contributed by atoms with Crippen molar-refractivity contribution < 1.29 is 14.2 Å². The summed E-state index contributed by atoms with van der Waals surface area (Å²) in [4.78, 5) is 4.31. The second-order valence-corrected chi connectivity index (χ2v) is 5.67. The molecule has 2 aromatic carbocycles. The summed E-state index contributed by atoms with van der Waals surface area (Å²) in [6.07, 6.45) is 1.66. The van der Waals surface area contributed by atoms with E-state index in [1.165, 1.54) is 5.56 Å². The highest BCUT2D eigenvalue weighted by atomic mass is 16.5. The average molecular weight is 357 g/mol. The molecule has 0 saturated heterocycles. The minimum atomic E-state index is 0.458. The molecule has 0 aromatic heterocycles. The molecular weight excluding hydrogens is 330 g/mol. The number of nitrogens with zero attached hydrogens (tertiary/aromatic N) is 1. The first-order valence-corrected chi connectivity index (χ1v) is 8.65. The molecule has 0 aliphatic rings. The molecule has 0 unspecified atom stereocenters. The summed E-state index contributed by atoms with van der Waals surface area (Å²) in [7, 11) is 3.30. The third-order valence-corrected chi connectivity index (χ3v) is 3.77. The summed E-state index contributed by atoms with van der Waals surface area (Å²) in [6.45, 7) is 1.93. The Morgan fingerprint density at radius 3 is 2.46 bits per heavy atom. The highest BCUT2D eigenvalue weighted by Gasteiger charge is 1.98. The maximum atomic E-state index is 5.88. The van der Waals surface area contributed by atoms with Gasteiger partial charge in [0.25, 0.3) is 0 Å². The number of nitrogens with one attached hydrogen (secondary N) is 1. The van der Waals surface area contributed by atoms with E-state index in [2.05, 4.69) is 10.3 Å². The van der Waals surface area contributed by atoms with Crippen LogP contribution in [0.4, 0.5) is 0 Å². The minimum Gasteiger partial charge on any atom is -0.497 e. The van der Waals surface area contributed by atoms with Gasteiger partial charge in [-0.3, -0.25) is 4.99 Å². The predicted molar refractivity (Wildman–Crippen MR) is 104 cm³/mol. The number of hydrogen-bond donors (Lipinski definition) is 2. The van der Waals surface area contributed by atoms with Crippen LogP contribution in [0.2, 0.25) is 0 Å². The standard InChI is InChI=1S/C20H27N3O3/c1-24-17-9-7-16(8-10-17)11-13-23-20(21)22-12-4-14-26-19-6-3-5-18(15-19)25-2/h3,5-10,15H,4,11-14H2,1-2H3,(H3,21,22,23). The van der Waals surface area contributed by atoms with Crippen molar-refractivity contribution in [2.75, 3.05) is 33.9 Å². The SMILES string of the molecule is COc1ccc(CCNC(N)=NCCCOc2cccc(OC)c2)cc1. The molecule has 0 aliphatic heterocycles. The molecular formula is C20H27N3O3. The fourth-order valence-electron chi connectivity index (χ4n) is 2.33. The molecule has 0 saturated carbocycles. The molecule has 0 amide bonds. The van der Waals surface area contributed by atoms with Crippen LogP contribution >= 0.6 is 0 Å². The average Bonchev–Trinajstić information content (AvgIpc) is 2.68. The van der Waals surface area contributed by atoms with Crippen molar-refractivity contribution in [3.05, 3.63) is 54.1 Å². The zero-order valence-corrected chi connectivity index (χ0v) is 15.4. The van der Waals surface area contributed by atoms with Crippen LogP contribution in [0.3, 0.4) is 0 Å². The fraction of sp³-hybridized carbons (Fsp3) is 0.350. The summed E-state index contributed by atoms with van der Waals surface area (Å²) in [5.41, 5.74) is 7.10. The summed E-state index contributed by atoms with van der Waals surface area (Å²) in [5, 5.41) is 3.12. The highest BCUT2D eigenvalue weighted by molar-refractivity contribution is 5.77. The molecule has 0 spiro atoms. The number of nitrogens with two attached hydrogens (primary N) is 1. The van der Waals surface area contributed by atoms with Gasteiger partial charge in [0, 0.05) is 25.6 Å². The Labute approximate surface area is 155 Å². The topological polar surface area (TPSA) is 78.1 Å². The Bertz CT molecular complexity index is 687. The van der Waals surface area contributed by atoms with Crippen molar-refractivity contribution in [3.8, 4) is 17.2 Å². The van der Waals surface area contributed by atoms with E-state index in [1.807, 2.05) is 48.5 Å². The molecule has 0 heterocycles. The van der Waals surface area contributed by atoms with Crippen molar-refractivity contribution in [2.24, 2.45) is 10.7 Å². The highest BCUT2D eigenvalue weighted by Crippen LogP contribution is 2.18. The molecule has 6 nitrogen and oxygen atoms in total. The van der Waals surface area contributed by atoms with Crippen LogP contribution in [0, 0.1) is 0 Å². The Hall–Kier alpha value is -2.89. The lowest BCUT2D eigenvalue weighted by atomic mass is 10.1. The first kappa shape index (κ1) is 19.4. The van der Waals surface area contributed by atoms with Gasteiger partial charge >= 0.3 is 0 Å². The van der Waals surface area contributed by atoms with Crippen LogP contribution in [0.5, 0.6) is 17.2 Å². The smallest absolute Gasteiger partial charge is 0.188 e. The number of benzene rings is 2. The van der Waals surface area contributed by atoms with Gasteiger partial charge in [0.05, 0.1) is 20.8 Å². The predicted octanol–water partition coefficient (Wildman–Crippen LogP) is 2.62. The van der Waals surface area contributed by atoms with Crippen LogP contribution in [0.15, 0.2) is 53.5 Å². The monoisotopic (exact) mass is 357 g/mol. The third kappa shape index (κ3) is 6.93. The molecule has 6 heteroatoms. The maximum Gasteiger partial charge on any atom is 0.188 e. The van der Waals surface area contributed by atoms with E-state index in [9.17, 15) is 0 Å². The largest absolute Gasteiger partial charge is 0.497 e. The Morgan fingerprint density at radius 2 is 1.73 bits per heavy atom. The van der Waals surface area contributed by atoms with Gasteiger partial charge in [-0.05, 0) is 36.2 Å². The summed E-state index contributed by atoms with van der Waals surface area (Å²) >= 11 is 0. The van der Waals surface area contributed by atoms with E-state index in [-0.39, 0.29) is 0 Å². The number of hydrogen-bond acceptors (Lipinski definition) is 4. The van der Waals surface area contributed by atoms with Gasteiger partial charge in [-0.15, -0.1) is 0 Å². The Morgan fingerprint density at radius 1 is 1.00 bits per heavy atom. The van der Waals surface area contributed by atoms with Gasteiger partial charge in [-0.2, -0.15) is 0 Å². The van der Waals surface area contributed by atoms with Gasteiger partial charge in [-0.1, -0.05) is 18.2 Å². The number of ether oxygens (including phenoxy) is 3. The van der Waals surface area contributed by atoms with Crippen molar-refractivity contribution in [3.63, 3.8) is 0 Å². The van der Waals surface area contributed by atoms with E-state index in [0.29, 0.717) is 19.1 Å². The fourth-order valence-corrected chi connectivity index (χ4v) is 2.33. The molecule has 2 aromatic rings. The number of guanidine groups is 1. The number of aliphatic imine (C=N–C) groups is 1. The zero-order valence-electron chi connectivity index (χ0n) is 15.4.